The molecule has 0 atom stereocenters. The SMILES string of the molecule is CC(=O)NN=C1CN(Cc2cnc(N)c(Cl)c2)C(=O)N1CC(=O)O. The summed E-state index contributed by atoms with van der Waals surface area (Å²) in [6, 6.07) is 1.02. The second-order valence-corrected chi connectivity index (χ2v) is 5.43. The number of amidine groups is 1. The Balaban J connectivity index is 2.20. The monoisotopic (exact) mass is 354 g/mol. The number of nitrogens with zero attached hydrogens (tertiary/aromatic N) is 4. The van der Waals surface area contributed by atoms with Gasteiger partial charge in [-0.05, 0) is 11.6 Å². The number of carboxylic acids is 1. The highest BCUT2D eigenvalue weighted by molar-refractivity contribution is 6.32. The molecule has 10 nitrogen and oxygen atoms in total. The first-order chi connectivity index (χ1) is 11.3. The normalized spacial score (nSPS) is 15.9. The van der Waals surface area contributed by atoms with Gasteiger partial charge in [0, 0.05) is 19.7 Å². The minimum absolute atomic E-state index is 0.0361. The lowest BCUT2D eigenvalue weighted by molar-refractivity contribution is -0.136. The molecule has 11 heteroatoms. The zero-order valence-electron chi connectivity index (χ0n) is 12.7. The van der Waals surface area contributed by atoms with Crippen molar-refractivity contribution < 1.29 is 19.5 Å². The molecule has 1 aromatic rings. The van der Waals surface area contributed by atoms with Crippen molar-refractivity contribution in [1.82, 2.24) is 20.2 Å². The van der Waals surface area contributed by atoms with Crippen LogP contribution in [0.5, 0.6) is 0 Å². The van der Waals surface area contributed by atoms with Gasteiger partial charge in [0.1, 0.15) is 12.4 Å². The fourth-order valence-electron chi connectivity index (χ4n) is 2.06. The molecule has 1 aromatic heterocycles. The van der Waals surface area contributed by atoms with Gasteiger partial charge in [0.05, 0.1) is 11.6 Å². The first-order valence-corrected chi connectivity index (χ1v) is 7.17. The van der Waals surface area contributed by atoms with Crippen molar-refractivity contribution in [2.75, 3.05) is 18.8 Å². The van der Waals surface area contributed by atoms with E-state index in [1.54, 1.807) is 6.07 Å². The number of nitrogens with two attached hydrogens (primary N) is 1. The Morgan fingerprint density at radius 2 is 2.25 bits per heavy atom. The Morgan fingerprint density at radius 3 is 2.83 bits per heavy atom. The number of carbonyl (C=O) groups excluding carboxylic acids is 2. The van der Waals surface area contributed by atoms with Gasteiger partial charge in [0.15, 0.2) is 5.84 Å². The quantitative estimate of drug-likeness (QED) is 0.640. The number of nitrogens with one attached hydrogen (secondary N) is 1. The Hall–Kier alpha value is -2.88. The highest BCUT2D eigenvalue weighted by Gasteiger charge is 2.36. The lowest BCUT2D eigenvalue weighted by Crippen LogP contribution is -2.37. The summed E-state index contributed by atoms with van der Waals surface area (Å²) in [6.45, 7) is 0.867. The van der Waals surface area contributed by atoms with Crippen LogP contribution in [0.2, 0.25) is 5.02 Å². The van der Waals surface area contributed by atoms with Gasteiger partial charge in [-0.25, -0.2) is 15.2 Å². The Labute approximate surface area is 141 Å². The molecular weight excluding hydrogens is 340 g/mol. The van der Waals surface area contributed by atoms with Crippen LogP contribution in [0.15, 0.2) is 17.4 Å². The summed E-state index contributed by atoms with van der Waals surface area (Å²) >= 11 is 5.90. The number of carbonyl (C=O) groups is 3. The Kier molecular flexibility index (Phi) is 5.19. The summed E-state index contributed by atoms with van der Waals surface area (Å²) in [6.07, 6.45) is 1.47. The van der Waals surface area contributed by atoms with Crippen LogP contribution in [0.3, 0.4) is 0 Å². The van der Waals surface area contributed by atoms with E-state index in [9.17, 15) is 14.4 Å². The van der Waals surface area contributed by atoms with Crippen LogP contribution < -0.4 is 11.2 Å². The maximum Gasteiger partial charge on any atom is 0.326 e. The highest BCUT2D eigenvalue weighted by atomic mass is 35.5. The van der Waals surface area contributed by atoms with Crippen molar-refractivity contribution in [3.63, 3.8) is 0 Å². The summed E-state index contributed by atoms with van der Waals surface area (Å²) < 4.78 is 0. The van der Waals surface area contributed by atoms with Gasteiger partial charge in [-0.1, -0.05) is 11.6 Å². The van der Waals surface area contributed by atoms with Gasteiger partial charge in [-0.2, -0.15) is 5.10 Å². The number of pyridine rings is 1. The molecule has 2 heterocycles. The van der Waals surface area contributed by atoms with Crippen LogP contribution in [0.4, 0.5) is 10.6 Å². The van der Waals surface area contributed by atoms with Crippen molar-refractivity contribution in [3.8, 4) is 0 Å². The third-order valence-electron chi connectivity index (χ3n) is 3.08. The van der Waals surface area contributed by atoms with Gasteiger partial charge in [-0.15, -0.1) is 0 Å². The average molecular weight is 355 g/mol. The molecule has 3 amide bonds. The number of halogens is 1. The summed E-state index contributed by atoms with van der Waals surface area (Å²) in [5.74, 6) is -1.32. The van der Waals surface area contributed by atoms with Crippen LogP contribution in [0.1, 0.15) is 12.5 Å². The average Bonchev–Trinajstić information content (AvgIpc) is 2.77. The predicted molar refractivity (Wildman–Crippen MR) is 85.1 cm³/mol. The second kappa shape index (κ2) is 7.13. The minimum atomic E-state index is -1.20. The zero-order valence-corrected chi connectivity index (χ0v) is 13.4. The van der Waals surface area contributed by atoms with E-state index in [1.165, 1.54) is 18.0 Å². The number of carboxylic acid groups (broad SMARTS) is 1. The molecule has 4 N–H and O–H groups in total. The highest BCUT2D eigenvalue weighted by Crippen LogP contribution is 2.20. The van der Waals surface area contributed by atoms with Crippen molar-refractivity contribution in [1.29, 1.82) is 0 Å². The van der Waals surface area contributed by atoms with Crippen LogP contribution in [-0.2, 0) is 16.1 Å². The first-order valence-electron chi connectivity index (χ1n) is 6.79. The van der Waals surface area contributed by atoms with Gasteiger partial charge >= 0.3 is 12.0 Å². The third kappa shape index (κ3) is 4.10. The van der Waals surface area contributed by atoms with Crippen molar-refractivity contribution >= 4 is 41.2 Å². The maximum atomic E-state index is 12.4. The van der Waals surface area contributed by atoms with E-state index in [2.05, 4.69) is 15.5 Å². The number of aliphatic carboxylic acids is 1. The molecule has 0 spiro atoms. The summed E-state index contributed by atoms with van der Waals surface area (Å²) in [7, 11) is 0. The standard InChI is InChI=1S/C13H15ClN6O4/c1-7(21)17-18-10-5-19(13(24)20(10)6-11(22)23)4-8-2-9(14)12(15)16-3-8/h2-3H,4-6H2,1H3,(H2,15,16)(H,17,21)(H,22,23). The number of hydrogen-bond donors (Lipinski definition) is 3. The van der Waals surface area contributed by atoms with Crippen LogP contribution >= 0.6 is 11.6 Å². The molecule has 24 heavy (non-hydrogen) atoms. The van der Waals surface area contributed by atoms with E-state index in [1.807, 2.05) is 0 Å². The van der Waals surface area contributed by atoms with E-state index in [-0.39, 0.29) is 29.8 Å². The lowest BCUT2D eigenvalue weighted by atomic mass is 10.2. The van der Waals surface area contributed by atoms with Gasteiger partial charge in [-0.3, -0.25) is 14.5 Å². The van der Waals surface area contributed by atoms with Crippen molar-refractivity contribution in [2.45, 2.75) is 13.5 Å². The molecule has 0 radical (unpaired) electrons. The topological polar surface area (TPSA) is 141 Å². The van der Waals surface area contributed by atoms with Crippen LogP contribution in [0.25, 0.3) is 0 Å². The van der Waals surface area contributed by atoms with Crippen LogP contribution in [0, 0.1) is 0 Å². The number of aromatic nitrogens is 1. The molecule has 0 unspecified atom stereocenters. The Bertz CT molecular complexity index is 722. The Morgan fingerprint density at radius 1 is 1.54 bits per heavy atom. The van der Waals surface area contributed by atoms with E-state index in [4.69, 9.17) is 22.4 Å². The fourth-order valence-corrected chi connectivity index (χ4v) is 2.25. The second-order valence-electron chi connectivity index (χ2n) is 5.03. The molecule has 1 aliphatic heterocycles. The molecule has 1 aliphatic rings. The molecule has 2 rings (SSSR count). The van der Waals surface area contributed by atoms with Gasteiger partial charge in [0.25, 0.3) is 0 Å². The lowest BCUT2D eigenvalue weighted by Gasteiger charge is -2.16. The number of anilines is 1. The maximum absolute atomic E-state index is 12.4. The van der Waals surface area contributed by atoms with Gasteiger partial charge in [0.2, 0.25) is 5.91 Å². The van der Waals surface area contributed by atoms with Crippen LogP contribution in [-0.4, -0.2) is 56.7 Å². The number of rotatable bonds is 5. The third-order valence-corrected chi connectivity index (χ3v) is 3.38. The minimum Gasteiger partial charge on any atom is -0.480 e. The number of hydrazone groups is 1. The van der Waals surface area contributed by atoms with E-state index >= 15 is 0 Å². The molecule has 128 valence electrons. The van der Waals surface area contributed by atoms with E-state index < -0.39 is 24.5 Å². The largest absolute Gasteiger partial charge is 0.480 e. The summed E-state index contributed by atoms with van der Waals surface area (Å²) in [5, 5.41) is 13.0. The van der Waals surface area contributed by atoms with E-state index in [0.717, 1.165) is 4.90 Å². The zero-order chi connectivity index (χ0) is 17.9. The smallest absolute Gasteiger partial charge is 0.326 e. The molecule has 0 aliphatic carbocycles. The molecular formula is C13H15ClN6O4. The predicted octanol–water partition coefficient (Wildman–Crippen LogP) is 0.0890. The fraction of sp³-hybridized carbons (Fsp3) is 0.308. The number of hydrogen-bond acceptors (Lipinski definition) is 6. The van der Waals surface area contributed by atoms with Crippen molar-refractivity contribution in [2.24, 2.45) is 5.10 Å². The molecule has 1 fully saturated rings. The number of amides is 3. The summed E-state index contributed by atoms with van der Waals surface area (Å²) in [4.78, 5) is 40.5. The summed E-state index contributed by atoms with van der Waals surface area (Å²) in [5.41, 5.74) is 8.36. The molecule has 0 bridgehead atoms. The van der Waals surface area contributed by atoms with Crippen molar-refractivity contribution in [3.05, 3.63) is 22.8 Å². The molecule has 0 saturated carbocycles. The van der Waals surface area contributed by atoms with E-state index in [0.29, 0.717) is 5.56 Å². The number of nitrogen functional groups attached to an aromatic ring is 1. The molecule has 0 aromatic carbocycles. The molecule has 1 saturated heterocycles. The number of urea groups is 1. The first kappa shape index (κ1) is 17.5. The van der Waals surface area contributed by atoms with Gasteiger partial charge < -0.3 is 15.7 Å².